The maximum absolute atomic E-state index is 11.0. The van der Waals surface area contributed by atoms with Gasteiger partial charge in [0.15, 0.2) is 5.82 Å². The first-order valence-electron chi connectivity index (χ1n) is 9.22. The van der Waals surface area contributed by atoms with Gasteiger partial charge in [0, 0.05) is 12.1 Å². The van der Waals surface area contributed by atoms with Gasteiger partial charge in [0.25, 0.3) is 0 Å². The van der Waals surface area contributed by atoms with E-state index in [4.69, 9.17) is 4.74 Å². The van der Waals surface area contributed by atoms with E-state index in [1.54, 1.807) is 6.07 Å². The van der Waals surface area contributed by atoms with Gasteiger partial charge in [0.1, 0.15) is 18.1 Å². The molecule has 0 atom stereocenters. The van der Waals surface area contributed by atoms with Gasteiger partial charge < -0.3 is 9.84 Å². The van der Waals surface area contributed by atoms with Crippen LogP contribution in [0.25, 0.3) is 0 Å². The normalized spacial score (nSPS) is 11.2. The maximum atomic E-state index is 11.0. The third-order valence-electron chi connectivity index (χ3n) is 4.92. The Hall–Kier alpha value is -3.09. The predicted molar refractivity (Wildman–Crippen MR) is 105 cm³/mol. The van der Waals surface area contributed by atoms with Crippen molar-refractivity contribution in [3.8, 4) is 11.5 Å². The Bertz CT molecular complexity index is 1050. The van der Waals surface area contributed by atoms with E-state index in [-0.39, 0.29) is 18.3 Å². The molecule has 0 aliphatic rings. The quantitative estimate of drug-likeness (QED) is 0.673. The third kappa shape index (κ3) is 4.08. The lowest BCUT2D eigenvalue weighted by Gasteiger charge is -2.17. The summed E-state index contributed by atoms with van der Waals surface area (Å²) >= 11 is 0. The molecule has 3 rings (SSSR count). The van der Waals surface area contributed by atoms with E-state index < -0.39 is 5.76 Å². The Balaban J connectivity index is 1.86. The van der Waals surface area contributed by atoms with Crippen LogP contribution in [0.1, 0.15) is 59.2 Å². The number of nitrogens with one attached hydrogen (secondary N) is 1. The molecule has 0 aliphatic carbocycles. The van der Waals surface area contributed by atoms with Crippen LogP contribution in [-0.4, -0.2) is 20.2 Å². The van der Waals surface area contributed by atoms with E-state index >= 15 is 0 Å². The number of nitrogens with zero attached hydrogens (tertiary/aromatic N) is 2. The Morgan fingerprint density at radius 3 is 2.61 bits per heavy atom. The fourth-order valence-electron chi connectivity index (χ4n) is 3.20. The van der Waals surface area contributed by atoms with Crippen molar-refractivity contribution in [2.24, 2.45) is 0 Å². The first-order valence-corrected chi connectivity index (χ1v) is 9.22. The van der Waals surface area contributed by atoms with Gasteiger partial charge in [-0.1, -0.05) is 19.0 Å². The van der Waals surface area contributed by atoms with Crippen molar-refractivity contribution in [3.63, 3.8) is 0 Å². The molecule has 0 aliphatic heterocycles. The molecule has 1 aromatic carbocycles. The molecule has 2 heterocycles. The van der Waals surface area contributed by atoms with E-state index in [0.717, 1.165) is 28.1 Å². The Kier molecular flexibility index (Phi) is 5.53. The minimum absolute atomic E-state index is 0.127. The molecular weight excluding hydrogens is 358 g/mol. The highest BCUT2D eigenvalue weighted by atomic mass is 16.5. The van der Waals surface area contributed by atoms with Crippen LogP contribution in [0.5, 0.6) is 11.5 Å². The average molecular weight is 383 g/mol. The number of rotatable bonds is 6. The van der Waals surface area contributed by atoms with E-state index in [2.05, 4.69) is 26.6 Å². The topological polar surface area (TPSA) is 101 Å². The maximum Gasteiger partial charge on any atom is 0.439 e. The molecule has 2 aromatic heterocycles. The molecule has 7 nitrogen and oxygen atoms in total. The zero-order valence-corrected chi connectivity index (χ0v) is 16.8. The Labute approximate surface area is 163 Å². The van der Waals surface area contributed by atoms with Crippen LogP contribution in [0, 0.1) is 20.8 Å². The summed E-state index contributed by atoms with van der Waals surface area (Å²) in [6.07, 6.45) is 0.676. The number of hydrogen-bond donors (Lipinski definition) is 2. The molecule has 0 saturated carbocycles. The minimum atomic E-state index is -0.597. The van der Waals surface area contributed by atoms with Crippen LogP contribution in [0.3, 0.4) is 0 Å². The van der Waals surface area contributed by atoms with Gasteiger partial charge in [-0.3, -0.25) is 14.5 Å². The summed E-state index contributed by atoms with van der Waals surface area (Å²) in [6, 6.07) is 5.56. The summed E-state index contributed by atoms with van der Waals surface area (Å²) in [7, 11) is 0. The van der Waals surface area contributed by atoms with Crippen LogP contribution in [0.15, 0.2) is 27.5 Å². The summed E-state index contributed by atoms with van der Waals surface area (Å²) in [4.78, 5) is 18.1. The molecule has 0 fully saturated rings. The number of benzene rings is 1. The van der Waals surface area contributed by atoms with Crippen LogP contribution >= 0.6 is 0 Å². The number of ether oxygens (including phenoxy) is 1. The van der Waals surface area contributed by atoms with E-state index in [1.807, 2.05) is 39.8 Å². The highest BCUT2D eigenvalue weighted by molar-refractivity contribution is 5.49. The predicted octanol–water partition coefficient (Wildman–Crippen LogP) is 3.68. The van der Waals surface area contributed by atoms with E-state index in [1.165, 1.54) is 5.56 Å². The number of H-pyrrole nitrogens is 1. The van der Waals surface area contributed by atoms with Gasteiger partial charge in [-0.05, 0) is 67.1 Å². The average Bonchev–Trinajstić information content (AvgIpc) is 3.07. The number of aryl methyl sites for hydroxylation is 1. The SMILES string of the molecule is Cc1cc(OCc2noc(=O)[nH]2)c(C)c(C)c1Cc1ccc(O)c(C(C)C)n1. The Morgan fingerprint density at radius 2 is 1.96 bits per heavy atom. The highest BCUT2D eigenvalue weighted by Crippen LogP contribution is 2.30. The first-order chi connectivity index (χ1) is 13.3. The molecule has 0 radical (unpaired) electrons. The smallest absolute Gasteiger partial charge is 0.439 e. The van der Waals surface area contributed by atoms with E-state index in [0.29, 0.717) is 17.9 Å². The van der Waals surface area contributed by atoms with Gasteiger partial charge in [0.2, 0.25) is 0 Å². The lowest BCUT2D eigenvalue weighted by Crippen LogP contribution is -2.06. The number of aromatic amines is 1. The van der Waals surface area contributed by atoms with E-state index in [9.17, 15) is 9.90 Å². The largest absolute Gasteiger partial charge is 0.506 e. The van der Waals surface area contributed by atoms with Crippen LogP contribution in [0.4, 0.5) is 0 Å². The molecule has 0 unspecified atom stereocenters. The fourth-order valence-corrected chi connectivity index (χ4v) is 3.20. The lowest BCUT2D eigenvalue weighted by molar-refractivity contribution is 0.283. The Morgan fingerprint density at radius 1 is 1.21 bits per heavy atom. The summed E-state index contributed by atoms with van der Waals surface area (Å²) in [6.45, 7) is 10.3. The fraction of sp³-hybridized carbons (Fsp3) is 0.381. The lowest BCUT2D eigenvalue weighted by atomic mass is 9.93. The standard InChI is InChI=1S/C21H25N3O4/c1-11(2)20-17(25)7-6-15(22-20)9-16-12(3)8-18(14(5)13(16)4)27-10-19-23-21(26)28-24-19/h6-8,11,25H,9-10H2,1-5H3,(H,23,24,26). The van der Waals surface area contributed by atoms with Crippen molar-refractivity contribution in [1.29, 1.82) is 0 Å². The molecule has 0 saturated heterocycles. The second-order valence-electron chi connectivity index (χ2n) is 7.29. The summed E-state index contributed by atoms with van der Waals surface area (Å²) < 4.78 is 10.3. The molecular formula is C21H25N3O4. The molecule has 0 bridgehead atoms. The molecule has 0 amide bonds. The molecule has 148 valence electrons. The number of aromatic nitrogens is 3. The van der Waals surface area contributed by atoms with Crippen molar-refractivity contribution >= 4 is 0 Å². The number of aromatic hydroxyl groups is 1. The van der Waals surface area contributed by atoms with Gasteiger partial charge in [0.05, 0.1) is 5.69 Å². The van der Waals surface area contributed by atoms with Crippen molar-refractivity contribution in [2.75, 3.05) is 0 Å². The molecule has 3 aromatic rings. The second-order valence-corrected chi connectivity index (χ2v) is 7.29. The monoisotopic (exact) mass is 383 g/mol. The first kappa shape index (κ1) is 19.7. The highest BCUT2D eigenvalue weighted by Gasteiger charge is 2.15. The van der Waals surface area contributed by atoms with Crippen LogP contribution < -0.4 is 10.5 Å². The molecule has 0 spiro atoms. The van der Waals surface area contributed by atoms with Crippen LogP contribution in [-0.2, 0) is 13.0 Å². The molecule has 28 heavy (non-hydrogen) atoms. The van der Waals surface area contributed by atoms with Crippen molar-refractivity contribution in [2.45, 2.75) is 53.6 Å². The van der Waals surface area contributed by atoms with Crippen molar-refractivity contribution < 1.29 is 14.4 Å². The minimum Gasteiger partial charge on any atom is -0.506 e. The number of pyridine rings is 1. The second kappa shape index (κ2) is 7.88. The van der Waals surface area contributed by atoms with Crippen molar-refractivity contribution in [3.05, 3.63) is 68.2 Å². The third-order valence-corrected chi connectivity index (χ3v) is 4.92. The number of hydrogen-bond acceptors (Lipinski definition) is 6. The summed E-state index contributed by atoms with van der Waals surface area (Å²) in [5.74, 6) is 0.878. The molecule has 2 N–H and O–H groups in total. The zero-order valence-electron chi connectivity index (χ0n) is 16.8. The van der Waals surface area contributed by atoms with Gasteiger partial charge in [-0.25, -0.2) is 4.79 Å². The van der Waals surface area contributed by atoms with Gasteiger partial charge >= 0.3 is 5.76 Å². The van der Waals surface area contributed by atoms with Crippen molar-refractivity contribution in [1.82, 2.24) is 15.1 Å². The zero-order chi connectivity index (χ0) is 20.4. The van der Waals surface area contributed by atoms with Gasteiger partial charge in [-0.15, -0.1) is 0 Å². The van der Waals surface area contributed by atoms with Crippen LogP contribution in [0.2, 0.25) is 0 Å². The van der Waals surface area contributed by atoms with Gasteiger partial charge in [-0.2, -0.15) is 0 Å². The summed E-state index contributed by atoms with van der Waals surface area (Å²) in [5.41, 5.74) is 6.06. The summed E-state index contributed by atoms with van der Waals surface area (Å²) in [5, 5.41) is 13.6. The molecule has 7 heteroatoms.